The quantitative estimate of drug-likeness (QED) is 0.788. The molecule has 5 heteroatoms. The third kappa shape index (κ3) is 4.31. The molecular formula is C10H13BrN2O2. The second-order valence-electron chi connectivity index (χ2n) is 3.19. The van der Waals surface area contributed by atoms with Gasteiger partial charge < -0.3 is 15.7 Å². The van der Waals surface area contributed by atoms with Gasteiger partial charge in [-0.25, -0.2) is 4.79 Å². The van der Waals surface area contributed by atoms with Gasteiger partial charge in [-0.15, -0.1) is 0 Å². The number of aliphatic hydroxyl groups is 1. The lowest BCUT2D eigenvalue weighted by molar-refractivity contribution is 0.229. The van der Waals surface area contributed by atoms with Gasteiger partial charge in [-0.2, -0.15) is 0 Å². The van der Waals surface area contributed by atoms with Gasteiger partial charge in [0.05, 0.1) is 12.6 Å². The highest BCUT2D eigenvalue weighted by molar-refractivity contribution is 9.10. The molecule has 4 nitrogen and oxygen atoms in total. The van der Waals surface area contributed by atoms with Gasteiger partial charge in [0.25, 0.3) is 0 Å². The number of hydrogen-bond acceptors (Lipinski definition) is 2. The third-order valence-electron chi connectivity index (χ3n) is 1.73. The van der Waals surface area contributed by atoms with Crippen LogP contribution in [0.2, 0.25) is 0 Å². The van der Waals surface area contributed by atoms with E-state index in [1.807, 2.05) is 12.1 Å². The number of rotatable bonds is 3. The number of amides is 2. The van der Waals surface area contributed by atoms with Crippen LogP contribution in [0.3, 0.4) is 0 Å². The van der Waals surface area contributed by atoms with Gasteiger partial charge >= 0.3 is 6.03 Å². The number of urea groups is 1. The van der Waals surface area contributed by atoms with Crippen LogP contribution in [0.1, 0.15) is 6.92 Å². The Kier molecular flexibility index (Phi) is 4.58. The number of nitrogens with one attached hydrogen (secondary N) is 2. The molecule has 0 radical (unpaired) electrons. The van der Waals surface area contributed by atoms with E-state index in [0.29, 0.717) is 5.69 Å². The summed E-state index contributed by atoms with van der Waals surface area (Å²) in [6.07, 6.45) is 0. The van der Waals surface area contributed by atoms with Crippen LogP contribution in [0.15, 0.2) is 28.7 Å². The lowest BCUT2D eigenvalue weighted by atomic mass is 10.3. The third-order valence-corrected chi connectivity index (χ3v) is 2.23. The molecule has 0 heterocycles. The van der Waals surface area contributed by atoms with Crippen LogP contribution in [-0.4, -0.2) is 23.8 Å². The van der Waals surface area contributed by atoms with E-state index in [2.05, 4.69) is 26.6 Å². The van der Waals surface area contributed by atoms with Crippen LogP contribution < -0.4 is 10.6 Å². The smallest absolute Gasteiger partial charge is 0.319 e. The lowest BCUT2D eigenvalue weighted by Gasteiger charge is -2.11. The van der Waals surface area contributed by atoms with Crippen molar-refractivity contribution >= 4 is 27.6 Å². The van der Waals surface area contributed by atoms with Crippen molar-refractivity contribution in [1.82, 2.24) is 5.32 Å². The monoisotopic (exact) mass is 272 g/mol. The molecule has 1 unspecified atom stereocenters. The SMILES string of the molecule is CC(CO)NC(=O)Nc1cccc(Br)c1. The summed E-state index contributed by atoms with van der Waals surface area (Å²) in [7, 11) is 0. The molecule has 82 valence electrons. The fraction of sp³-hybridized carbons (Fsp3) is 0.300. The summed E-state index contributed by atoms with van der Waals surface area (Å²) >= 11 is 3.30. The molecule has 1 aromatic rings. The summed E-state index contributed by atoms with van der Waals surface area (Å²) in [6, 6.07) is 6.71. The molecular weight excluding hydrogens is 260 g/mol. The molecule has 0 saturated carbocycles. The van der Waals surface area contributed by atoms with E-state index in [4.69, 9.17) is 5.11 Å². The maximum Gasteiger partial charge on any atom is 0.319 e. The molecule has 0 aliphatic carbocycles. The minimum absolute atomic E-state index is 0.0775. The fourth-order valence-electron chi connectivity index (χ4n) is 1.00. The highest BCUT2D eigenvalue weighted by atomic mass is 79.9. The van der Waals surface area contributed by atoms with Crippen molar-refractivity contribution in [2.24, 2.45) is 0 Å². The van der Waals surface area contributed by atoms with Gasteiger partial charge in [-0.05, 0) is 25.1 Å². The molecule has 0 aromatic heterocycles. The zero-order valence-corrected chi connectivity index (χ0v) is 9.91. The molecule has 1 aromatic carbocycles. The van der Waals surface area contributed by atoms with E-state index >= 15 is 0 Å². The second kappa shape index (κ2) is 5.72. The van der Waals surface area contributed by atoms with Gasteiger partial charge in [0.2, 0.25) is 0 Å². The highest BCUT2D eigenvalue weighted by Crippen LogP contribution is 2.15. The van der Waals surface area contributed by atoms with Crippen molar-refractivity contribution in [3.8, 4) is 0 Å². The largest absolute Gasteiger partial charge is 0.394 e. The number of carbonyl (C=O) groups excluding carboxylic acids is 1. The number of carbonyl (C=O) groups is 1. The maximum atomic E-state index is 11.3. The van der Waals surface area contributed by atoms with Crippen molar-refractivity contribution in [3.63, 3.8) is 0 Å². The average Bonchev–Trinajstić information content (AvgIpc) is 2.17. The first kappa shape index (κ1) is 12.0. The summed E-state index contributed by atoms with van der Waals surface area (Å²) in [4.78, 5) is 11.3. The van der Waals surface area contributed by atoms with E-state index < -0.39 is 0 Å². The van der Waals surface area contributed by atoms with Crippen LogP contribution in [0.25, 0.3) is 0 Å². The Labute approximate surface area is 96.8 Å². The number of anilines is 1. The molecule has 0 spiro atoms. The van der Waals surface area contributed by atoms with Crippen molar-refractivity contribution in [1.29, 1.82) is 0 Å². The summed E-state index contributed by atoms with van der Waals surface area (Å²) in [6.45, 7) is 1.65. The van der Waals surface area contributed by atoms with Gasteiger partial charge in [0.15, 0.2) is 0 Å². The molecule has 0 fully saturated rings. The molecule has 0 aliphatic heterocycles. The van der Waals surface area contributed by atoms with Crippen LogP contribution in [0.4, 0.5) is 10.5 Å². The van der Waals surface area contributed by atoms with Gasteiger partial charge in [-0.3, -0.25) is 0 Å². The van der Waals surface area contributed by atoms with Crippen molar-refractivity contribution in [2.45, 2.75) is 13.0 Å². The number of aliphatic hydroxyl groups excluding tert-OH is 1. The number of hydrogen-bond donors (Lipinski definition) is 3. The molecule has 1 rings (SSSR count). The minimum atomic E-state index is -0.324. The molecule has 3 N–H and O–H groups in total. The van der Waals surface area contributed by atoms with E-state index in [9.17, 15) is 4.79 Å². The lowest BCUT2D eigenvalue weighted by Crippen LogP contribution is -2.38. The Morgan fingerprint density at radius 1 is 1.60 bits per heavy atom. The van der Waals surface area contributed by atoms with Crippen molar-refractivity contribution < 1.29 is 9.90 Å². The first-order valence-electron chi connectivity index (χ1n) is 4.55. The Morgan fingerprint density at radius 2 is 2.33 bits per heavy atom. The Hall–Kier alpha value is -1.07. The van der Waals surface area contributed by atoms with E-state index in [-0.39, 0.29) is 18.7 Å². The number of benzene rings is 1. The van der Waals surface area contributed by atoms with E-state index in [1.54, 1.807) is 19.1 Å². The Balaban J connectivity index is 2.51. The molecule has 1 atom stereocenters. The van der Waals surface area contributed by atoms with Gasteiger partial charge in [0.1, 0.15) is 0 Å². The molecule has 2 amide bonds. The predicted octanol–water partition coefficient (Wildman–Crippen LogP) is 1.95. The van der Waals surface area contributed by atoms with E-state index in [1.165, 1.54) is 0 Å². The van der Waals surface area contributed by atoms with Crippen molar-refractivity contribution in [2.75, 3.05) is 11.9 Å². The first-order valence-corrected chi connectivity index (χ1v) is 5.35. The Bertz CT molecular complexity index is 344. The second-order valence-corrected chi connectivity index (χ2v) is 4.11. The summed E-state index contributed by atoms with van der Waals surface area (Å²) < 4.78 is 0.899. The van der Waals surface area contributed by atoms with Crippen LogP contribution in [-0.2, 0) is 0 Å². The van der Waals surface area contributed by atoms with Crippen molar-refractivity contribution in [3.05, 3.63) is 28.7 Å². The predicted molar refractivity (Wildman–Crippen MR) is 62.8 cm³/mol. The highest BCUT2D eigenvalue weighted by Gasteiger charge is 2.05. The maximum absolute atomic E-state index is 11.3. The minimum Gasteiger partial charge on any atom is -0.394 e. The molecule has 0 aliphatic rings. The Morgan fingerprint density at radius 3 is 2.93 bits per heavy atom. The zero-order valence-electron chi connectivity index (χ0n) is 8.33. The van der Waals surface area contributed by atoms with Crippen LogP contribution in [0.5, 0.6) is 0 Å². The van der Waals surface area contributed by atoms with E-state index in [0.717, 1.165) is 4.47 Å². The molecule has 15 heavy (non-hydrogen) atoms. The fourth-order valence-corrected chi connectivity index (χ4v) is 1.40. The summed E-state index contributed by atoms with van der Waals surface area (Å²) in [5, 5.41) is 14.0. The summed E-state index contributed by atoms with van der Waals surface area (Å²) in [5.74, 6) is 0. The van der Waals surface area contributed by atoms with Crippen LogP contribution in [0, 0.1) is 0 Å². The number of halogens is 1. The molecule has 0 bridgehead atoms. The normalized spacial score (nSPS) is 11.9. The topological polar surface area (TPSA) is 61.4 Å². The van der Waals surface area contributed by atoms with Gasteiger partial charge in [0, 0.05) is 10.2 Å². The standard InChI is InChI=1S/C10H13BrN2O2/c1-7(6-14)12-10(15)13-9-4-2-3-8(11)5-9/h2-5,7,14H,6H2,1H3,(H2,12,13,15). The van der Waals surface area contributed by atoms with Gasteiger partial charge in [-0.1, -0.05) is 22.0 Å². The summed E-state index contributed by atoms with van der Waals surface area (Å²) in [5.41, 5.74) is 0.701. The average molecular weight is 273 g/mol. The van der Waals surface area contributed by atoms with Crippen LogP contribution >= 0.6 is 15.9 Å². The molecule has 0 saturated heterocycles. The zero-order chi connectivity index (χ0) is 11.3. The first-order chi connectivity index (χ1) is 7.11.